The molecule has 16 aromatic carbocycles. The minimum atomic E-state index is -0.268. The summed E-state index contributed by atoms with van der Waals surface area (Å²) >= 11 is 3.73. The number of anilines is 15. The van der Waals surface area contributed by atoms with Crippen molar-refractivity contribution in [1.29, 1.82) is 0 Å². The Hall–Kier alpha value is -13.1. The van der Waals surface area contributed by atoms with Crippen LogP contribution >= 0.6 is 22.7 Å². The molecule has 0 spiro atoms. The molecule has 10 heteroatoms. The zero-order chi connectivity index (χ0) is 69.5. The predicted molar refractivity (Wildman–Crippen MR) is 452 cm³/mol. The van der Waals surface area contributed by atoms with Gasteiger partial charge in [0.25, 0.3) is 13.4 Å². The highest BCUT2D eigenvalue weighted by Crippen LogP contribution is 2.56. The first kappa shape index (κ1) is 60.5. The quantitative estimate of drug-likeness (QED) is 0.120. The van der Waals surface area contributed by atoms with E-state index in [0.29, 0.717) is 0 Å². The predicted octanol–water partition coefficient (Wildman–Crippen LogP) is 23.2. The highest BCUT2D eigenvalue weighted by molar-refractivity contribution is 7.27. The molecule has 22 rings (SSSR count). The molecule has 2 aromatic heterocycles. The van der Waals surface area contributed by atoms with Crippen molar-refractivity contribution in [3.05, 3.63) is 370 Å². The Bertz CT molecular complexity index is 6460. The van der Waals surface area contributed by atoms with Gasteiger partial charge in [-0.15, -0.1) is 22.7 Å². The van der Waals surface area contributed by atoms with Gasteiger partial charge in [-0.05, 0) is 153 Å². The molecule has 4 aliphatic rings. The summed E-state index contributed by atoms with van der Waals surface area (Å²) in [4.78, 5) is 12.8. The Morgan fingerprint density at radius 3 is 1.36 bits per heavy atom. The summed E-state index contributed by atoms with van der Waals surface area (Å²) in [7, 11) is 0. The van der Waals surface area contributed by atoms with Gasteiger partial charge >= 0.3 is 0 Å². The van der Waals surface area contributed by atoms with E-state index in [-0.39, 0.29) is 13.4 Å². The lowest BCUT2D eigenvalue weighted by Crippen LogP contribution is -2.64. The van der Waals surface area contributed by atoms with Crippen LogP contribution in [0.15, 0.2) is 370 Å². The number of nitrogens with zero attached hydrogens (tertiary/aromatic N) is 5. The number of benzene rings is 16. The van der Waals surface area contributed by atoms with Gasteiger partial charge in [0.05, 0.1) is 37.8 Å². The summed E-state index contributed by atoms with van der Waals surface area (Å²) in [5.41, 5.74) is 27.7. The monoisotopic (exact) mass is 1390 g/mol. The zero-order valence-corrected chi connectivity index (χ0v) is 59.0. The number of hydrogen-bond donors (Lipinski definition) is 0. The Balaban J connectivity index is 0.910. The van der Waals surface area contributed by atoms with Crippen LogP contribution in [0.5, 0.6) is 11.5 Å². The van der Waals surface area contributed by atoms with Gasteiger partial charge in [0.15, 0.2) is 0 Å². The van der Waals surface area contributed by atoms with Gasteiger partial charge in [-0.1, -0.05) is 255 Å². The molecule has 0 atom stereocenters. The topological polar surface area (TPSA) is 25.4 Å². The summed E-state index contributed by atoms with van der Waals surface area (Å²) in [6, 6.07) is 137. The fourth-order valence-electron chi connectivity index (χ4n) is 17.6. The molecule has 0 saturated heterocycles. The van der Waals surface area contributed by atoms with Gasteiger partial charge in [0, 0.05) is 105 Å². The van der Waals surface area contributed by atoms with E-state index in [4.69, 9.17) is 4.74 Å². The highest BCUT2D eigenvalue weighted by atomic mass is 32.1. The summed E-state index contributed by atoms with van der Waals surface area (Å²) in [6.45, 7) is -0.525. The van der Waals surface area contributed by atoms with Crippen LogP contribution in [0.25, 0.3) is 62.6 Å². The molecule has 6 heterocycles. The van der Waals surface area contributed by atoms with E-state index in [2.05, 4.69) is 395 Å². The van der Waals surface area contributed by atoms with Crippen LogP contribution in [0.1, 0.15) is 0 Å². The summed E-state index contributed by atoms with van der Waals surface area (Å²) in [5, 5.41) is 4.95. The minimum absolute atomic E-state index is 0.257. The average molecular weight is 1390 g/mol. The van der Waals surface area contributed by atoms with E-state index in [1.807, 2.05) is 22.7 Å². The van der Waals surface area contributed by atoms with E-state index in [0.717, 1.165) is 130 Å². The maximum Gasteiger partial charge on any atom is 0.256 e. The second kappa shape index (κ2) is 24.3. The molecule has 0 amide bonds. The van der Waals surface area contributed by atoms with Crippen LogP contribution in [0.3, 0.4) is 0 Å². The van der Waals surface area contributed by atoms with E-state index in [1.54, 1.807) is 0 Å². The highest BCUT2D eigenvalue weighted by Gasteiger charge is 2.49. The molecule has 0 saturated carbocycles. The van der Waals surface area contributed by atoms with Crippen molar-refractivity contribution < 1.29 is 4.74 Å². The molecule has 0 fully saturated rings. The van der Waals surface area contributed by atoms with Crippen molar-refractivity contribution in [2.45, 2.75) is 0 Å². The molecule has 0 aliphatic carbocycles. The molecule has 0 unspecified atom stereocenters. The molecular weight excluding hydrogens is 1320 g/mol. The standard InChI is InChI=1S/C96H61B2N5OS2/c1-7-30-62(31-8-1)70-44-27-45-71(63-32-9-2-10-33-63)94(70)103-84-61-83-78(98-77-49-22-24-53-88(77)104-89-59-69(99(64-34-11-3-12-35-64)65-36-13-4-14-37-65)58-87(93(89)98)102(83)82-52-29-47-75-73-43-20-26-55-91(73)106-96(75)82)60-79(84)97-76-48-21-23-50-80(76)101(67-40-17-6-18-41-67)85-56-68(57-86(103)92(85)97)100(66-38-15-5-16-39-66)81-51-28-46-74-72-42-19-25-54-90(72)105-95(74)81/h1-61H. The van der Waals surface area contributed by atoms with E-state index < -0.39 is 0 Å². The van der Waals surface area contributed by atoms with Crippen molar-refractivity contribution >= 4 is 195 Å². The summed E-state index contributed by atoms with van der Waals surface area (Å²) in [6.07, 6.45) is 0. The zero-order valence-electron chi connectivity index (χ0n) is 57.3. The number of thiophene rings is 2. The third-order valence-corrected chi connectivity index (χ3v) is 24.4. The largest absolute Gasteiger partial charge is 0.458 e. The van der Waals surface area contributed by atoms with Gasteiger partial charge in [-0.3, -0.25) is 0 Å². The van der Waals surface area contributed by atoms with Gasteiger partial charge in [-0.25, -0.2) is 0 Å². The van der Waals surface area contributed by atoms with E-state index >= 15 is 0 Å². The van der Waals surface area contributed by atoms with Crippen LogP contribution < -0.4 is 62.0 Å². The molecule has 494 valence electrons. The Morgan fingerprint density at radius 1 is 0.264 bits per heavy atom. The number of fused-ring (bicyclic) bond motifs is 14. The second-order valence-corrected chi connectivity index (χ2v) is 29.9. The molecule has 4 aliphatic heterocycles. The number of para-hydroxylation sites is 7. The molecule has 18 aromatic rings. The number of rotatable bonds is 11. The van der Waals surface area contributed by atoms with E-state index in [9.17, 15) is 0 Å². The average Bonchev–Trinajstić information content (AvgIpc) is 0.692. The van der Waals surface area contributed by atoms with Gasteiger partial charge < -0.3 is 29.2 Å². The van der Waals surface area contributed by atoms with Crippen molar-refractivity contribution in [2.75, 3.05) is 24.5 Å². The first-order valence-electron chi connectivity index (χ1n) is 36.3. The molecule has 6 nitrogen and oxygen atoms in total. The Labute approximate surface area is 623 Å². The fraction of sp³-hybridized carbons (Fsp3) is 0. The summed E-state index contributed by atoms with van der Waals surface area (Å²) < 4.78 is 12.4. The van der Waals surface area contributed by atoms with Crippen molar-refractivity contribution in [3.63, 3.8) is 0 Å². The van der Waals surface area contributed by atoms with Gasteiger partial charge in [0.1, 0.15) is 11.5 Å². The van der Waals surface area contributed by atoms with Crippen molar-refractivity contribution in [2.24, 2.45) is 0 Å². The molecule has 106 heavy (non-hydrogen) atoms. The van der Waals surface area contributed by atoms with Gasteiger partial charge in [0.2, 0.25) is 0 Å². The van der Waals surface area contributed by atoms with Gasteiger partial charge in [-0.2, -0.15) is 0 Å². The van der Waals surface area contributed by atoms with Crippen LogP contribution in [0.4, 0.5) is 85.3 Å². The lowest BCUT2D eigenvalue weighted by Gasteiger charge is -2.47. The van der Waals surface area contributed by atoms with Crippen molar-refractivity contribution in [3.8, 4) is 33.8 Å². The first-order chi connectivity index (χ1) is 52.6. The first-order valence-corrected chi connectivity index (χ1v) is 37.9. The fourth-order valence-corrected chi connectivity index (χ4v) is 20.0. The smallest absolute Gasteiger partial charge is 0.256 e. The molecule has 0 bridgehead atoms. The third kappa shape index (κ3) is 9.31. The second-order valence-electron chi connectivity index (χ2n) is 27.8. The van der Waals surface area contributed by atoms with E-state index in [1.165, 1.54) is 62.2 Å². The lowest BCUT2D eigenvalue weighted by molar-refractivity contribution is 0.487. The van der Waals surface area contributed by atoms with Crippen LogP contribution in [0, 0.1) is 0 Å². The lowest BCUT2D eigenvalue weighted by atomic mass is 9.30. The van der Waals surface area contributed by atoms with Crippen LogP contribution in [0.2, 0.25) is 0 Å². The third-order valence-electron chi connectivity index (χ3n) is 22.0. The van der Waals surface area contributed by atoms with Crippen molar-refractivity contribution in [1.82, 2.24) is 0 Å². The maximum absolute atomic E-state index is 7.50. The minimum Gasteiger partial charge on any atom is -0.458 e. The Morgan fingerprint density at radius 2 is 0.717 bits per heavy atom. The Kier molecular flexibility index (Phi) is 13.8. The normalized spacial score (nSPS) is 12.9. The number of ether oxygens (including phenoxy) is 1. The molecule has 0 N–H and O–H groups in total. The molecule has 0 radical (unpaired) electrons. The molecular formula is C96H61B2N5OS2. The summed E-state index contributed by atoms with van der Waals surface area (Å²) in [5.74, 6) is 1.67. The van der Waals surface area contributed by atoms with Crippen LogP contribution in [-0.4, -0.2) is 13.4 Å². The SMILES string of the molecule is c1ccc(-c2cccc(-c3ccccc3)c2N2c3cc4c(cc3B3c5ccccc5N(c5ccccc5)c5cc(N(c6ccccc6)c6cccc7c6sc6ccccc67)cc2c53)B2c3ccccc3Oc3cc(N(c5ccccc5)c5ccccc5)cc(c32)N4c2cccc3c2sc2ccccc23)cc1. The van der Waals surface area contributed by atoms with Crippen LogP contribution in [-0.2, 0) is 0 Å². The maximum atomic E-state index is 7.50. The number of hydrogen-bond acceptors (Lipinski definition) is 8.